The van der Waals surface area contributed by atoms with Gasteiger partial charge in [-0.25, -0.2) is 13.6 Å². The molecule has 0 heterocycles. The van der Waals surface area contributed by atoms with Crippen molar-refractivity contribution in [2.75, 3.05) is 5.32 Å². The standard InChI is InChI=1S/C10H15N3O2S/c11-7-5-8(6-7)13-9-3-1-2-4-10(9)16(12,14)15/h1-4,7-8,13H,5-6,11H2,(H2,12,14,15). The lowest BCUT2D eigenvalue weighted by molar-refractivity contribution is 0.373. The number of hydrogen-bond donors (Lipinski definition) is 3. The molecule has 1 fully saturated rings. The van der Waals surface area contributed by atoms with Gasteiger partial charge in [-0.1, -0.05) is 12.1 Å². The van der Waals surface area contributed by atoms with Crippen LogP contribution in [-0.4, -0.2) is 20.5 Å². The molecule has 6 heteroatoms. The first-order valence-electron chi connectivity index (χ1n) is 5.11. The van der Waals surface area contributed by atoms with E-state index in [1.165, 1.54) is 6.07 Å². The van der Waals surface area contributed by atoms with E-state index in [4.69, 9.17) is 10.9 Å². The summed E-state index contributed by atoms with van der Waals surface area (Å²) in [6.07, 6.45) is 1.72. The van der Waals surface area contributed by atoms with Gasteiger partial charge in [0.25, 0.3) is 0 Å². The zero-order valence-corrected chi connectivity index (χ0v) is 9.57. The third-order valence-electron chi connectivity index (χ3n) is 2.73. The first kappa shape index (κ1) is 11.4. The van der Waals surface area contributed by atoms with Crippen LogP contribution in [0.4, 0.5) is 5.69 Å². The van der Waals surface area contributed by atoms with Crippen LogP contribution >= 0.6 is 0 Å². The summed E-state index contributed by atoms with van der Waals surface area (Å²) in [6.45, 7) is 0. The SMILES string of the molecule is NC1CC(Nc2ccccc2S(N)(=O)=O)C1. The smallest absolute Gasteiger partial charge is 0.240 e. The number of nitrogens with one attached hydrogen (secondary N) is 1. The van der Waals surface area contributed by atoms with Gasteiger partial charge in [0.1, 0.15) is 4.90 Å². The zero-order valence-electron chi connectivity index (χ0n) is 8.76. The number of benzene rings is 1. The van der Waals surface area contributed by atoms with Gasteiger partial charge in [0.05, 0.1) is 5.69 Å². The van der Waals surface area contributed by atoms with Gasteiger partial charge in [0, 0.05) is 12.1 Å². The summed E-state index contributed by atoms with van der Waals surface area (Å²) >= 11 is 0. The van der Waals surface area contributed by atoms with Gasteiger partial charge < -0.3 is 11.1 Å². The molecule has 0 unspecified atom stereocenters. The lowest BCUT2D eigenvalue weighted by Gasteiger charge is -2.34. The summed E-state index contributed by atoms with van der Waals surface area (Å²) in [5.41, 5.74) is 6.22. The van der Waals surface area contributed by atoms with Crippen LogP contribution in [0.25, 0.3) is 0 Å². The third kappa shape index (κ3) is 2.34. The number of rotatable bonds is 3. The van der Waals surface area contributed by atoms with Crippen molar-refractivity contribution in [1.82, 2.24) is 0 Å². The fourth-order valence-electron chi connectivity index (χ4n) is 1.83. The molecule has 2 rings (SSSR count). The van der Waals surface area contributed by atoms with Gasteiger partial charge in [0.2, 0.25) is 10.0 Å². The minimum Gasteiger partial charge on any atom is -0.381 e. The van der Waals surface area contributed by atoms with Crippen molar-refractivity contribution in [1.29, 1.82) is 0 Å². The molecule has 1 saturated carbocycles. The largest absolute Gasteiger partial charge is 0.381 e. The van der Waals surface area contributed by atoms with Gasteiger partial charge in [-0.3, -0.25) is 0 Å². The van der Waals surface area contributed by atoms with E-state index in [-0.39, 0.29) is 17.0 Å². The van der Waals surface area contributed by atoms with Crippen LogP contribution in [0.2, 0.25) is 0 Å². The van der Waals surface area contributed by atoms with E-state index in [0.717, 1.165) is 12.8 Å². The molecular formula is C10H15N3O2S. The highest BCUT2D eigenvalue weighted by Gasteiger charge is 2.26. The van der Waals surface area contributed by atoms with Crippen molar-refractivity contribution in [2.24, 2.45) is 10.9 Å². The summed E-state index contributed by atoms with van der Waals surface area (Å²) in [6, 6.07) is 7.10. The van der Waals surface area contributed by atoms with Crippen LogP contribution in [0.15, 0.2) is 29.2 Å². The highest BCUT2D eigenvalue weighted by Crippen LogP contribution is 2.26. The summed E-state index contributed by atoms with van der Waals surface area (Å²) in [4.78, 5) is 0.135. The molecule has 0 atom stereocenters. The zero-order chi connectivity index (χ0) is 11.8. The van der Waals surface area contributed by atoms with Crippen molar-refractivity contribution < 1.29 is 8.42 Å². The summed E-state index contributed by atoms with van der Waals surface area (Å²) in [5, 5.41) is 8.27. The van der Waals surface area contributed by atoms with E-state index in [9.17, 15) is 8.42 Å². The quantitative estimate of drug-likeness (QED) is 0.705. The maximum Gasteiger partial charge on any atom is 0.240 e. The third-order valence-corrected chi connectivity index (χ3v) is 3.70. The number of para-hydroxylation sites is 1. The molecule has 1 aromatic rings. The first-order chi connectivity index (χ1) is 7.47. The Bertz CT molecular complexity index is 481. The molecule has 1 aliphatic carbocycles. The average Bonchev–Trinajstić information content (AvgIpc) is 2.14. The fraction of sp³-hybridized carbons (Fsp3) is 0.400. The topological polar surface area (TPSA) is 98.2 Å². The van der Waals surface area contributed by atoms with Gasteiger partial charge in [0.15, 0.2) is 0 Å². The number of sulfonamides is 1. The average molecular weight is 241 g/mol. The monoisotopic (exact) mass is 241 g/mol. The molecule has 0 radical (unpaired) electrons. The highest BCUT2D eigenvalue weighted by molar-refractivity contribution is 7.89. The van der Waals surface area contributed by atoms with E-state index >= 15 is 0 Å². The Morgan fingerprint density at radius 2 is 1.88 bits per heavy atom. The summed E-state index contributed by atoms with van der Waals surface area (Å²) in [7, 11) is -3.67. The Kier molecular flexibility index (Phi) is 2.88. The number of primary sulfonamides is 1. The van der Waals surface area contributed by atoms with Crippen LogP contribution in [-0.2, 0) is 10.0 Å². The predicted octanol–water partition coefficient (Wildman–Crippen LogP) is 0.236. The van der Waals surface area contributed by atoms with Gasteiger partial charge >= 0.3 is 0 Å². The Hall–Kier alpha value is -1.11. The number of anilines is 1. The first-order valence-corrected chi connectivity index (χ1v) is 6.65. The van der Waals surface area contributed by atoms with Crippen LogP contribution in [0.1, 0.15) is 12.8 Å². The molecular weight excluding hydrogens is 226 g/mol. The number of hydrogen-bond acceptors (Lipinski definition) is 4. The van der Waals surface area contributed by atoms with Crippen LogP contribution in [0.5, 0.6) is 0 Å². The molecule has 0 aliphatic heterocycles. The highest BCUT2D eigenvalue weighted by atomic mass is 32.2. The van der Waals surface area contributed by atoms with Crippen LogP contribution in [0.3, 0.4) is 0 Å². The molecule has 16 heavy (non-hydrogen) atoms. The molecule has 0 aromatic heterocycles. The molecule has 0 spiro atoms. The summed E-state index contributed by atoms with van der Waals surface area (Å²) < 4.78 is 22.6. The minimum absolute atomic E-state index is 0.135. The van der Waals surface area contributed by atoms with Crippen LogP contribution in [0, 0.1) is 0 Å². The molecule has 0 bridgehead atoms. The van der Waals surface area contributed by atoms with Crippen molar-refractivity contribution in [3.05, 3.63) is 24.3 Å². The molecule has 0 saturated heterocycles. The molecule has 5 nitrogen and oxygen atoms in total. The van der Waals surface area contributed by atoms with Gasteiger partial charge in [-0.05, 0) is 25.0 Å². The minimum atomic E-state index is -3.67. The van der Waals surface area contributed by atoms with Crippen molar-refractivity contribution >= 4 is 15.7 Å². The van der Waals surface area contributed by atoms with Gasteiger partial charge in [-0.15, -0.1) is 0 Å². The lowest BCUT2D eigenvalue weighted by Crippen LogP contribution is -2.44. The second kappa shape index (κ2) is 4.04. The lowest BCUT2D eigenvalue weighted by atomic mass is 9.87. The number of nitrogens with two attached hydrogens (primary N) is 2. The Morgan fingerprint density at radius 1 is 1.25 bits per heavy atom. The second-order valence-corrected chi connectivity index (χ2v) is 5.64. The molecule has 0 amide bonds. The normalized spacial score (nSPS) is 24.9. The summed E-state index contributed by atoms with van der Waals surface area (Å²) in [5.74, 6) is 0. The van der Waals surface area contributed by atoms with Gasteiger partial charge in [-0.2, -0.15) is 0 Å². The second-order valence-electron chi connectivity index (χ2n) is 4.11. The molecule has 5 N–H and O–H groups in total. The maximum atomic E-state index is 11.3. The van der Waals surface area contributed by atoms with Crippen molar-refractivity contribution in [3.8, 4) is 0 Å². The van der Waals surface area contributed by atoms with E-state index in [1.54, 1.807) is 18.2 Å². The van der Waals surface area contributed by atoms with Crippen molar-refractivity contribution in [2.45, 2.75) is 29.8 Å². The molecule has 1 aromatic carbocycles. The van der Waals surface area contributed by atoms with E-state index in [1.807, 2.05) is 0 Å². The Balaban J connectivity index is 2.21. The molecule has 1 aliphatic rings. The fourth-order valence-corrected chi connectivity index (χ4v) is 2.54. The van der Waals surface area contributed by atoms with Crippen molar-refractivity contribution in [3.63, 3.8) is 0 Å². The predicted molar refractivity (Wildman–Crippen MR) is 62.4 cm³/mol. The maximum absolute atomic E-state index is 11.3. The Morgan fingerprint density at radius 3 is 2.44 bits per heavy atom. The van der Waals surface area contributed by atoms with Crippen LogP contribution < -0.4 is 16.2 Å². The van der Waals surface area contributed by atoms with E-state index < -0.39 is 10.0 Å². The van der Waals surface area contributed by atoms with E-state index in [2.05, 4.69) is 5.32 Å². The molecule has 88 valence electrons. The Labute approximate surface area is 94.9 Å². The van der Waals surface area contributed by atoms with E-state index in [0.29, 0.717) is 5.69 Å².